The van der Waals surface area contributed by atoms with Gasteiger partial charge in [-0.3, -0.25) is 4.79 Å². The number of hydrogen-bond donors (Lipinski definition) is 2. The van der Waals surface area contributed by atoms with Gasteiger partial charge in [-0.05, 0) is 39.0 Å². The summed E-state index contributed by atoms with van der Waals surface area (Å²) in [6, 6.07) is 9.89. The topological polar surface area (TPSA) is 72.9 Å². The van der Waals surface area contributed by atoms with Gasteiger partial charge in [0.05, 0.1) is 17.1 Å². The number of hydrogen-bond acceptors (Lipinski definition) is 4. The molecule has 0 bridgehead atoms. The summed E-state index contributed by atoms with van der Waals surface area (Å²) in [6.07, 6.45) is 9.98. The Labute approximate surface area is 159 Å². The minimum atomic E-state index is -0.247. The molecule has 1 atom stereocenters. The van der Waals surface area contributed by atoms with Crippen molar-refractivity contribution in [3.8, 4) is 11.3 Å². The van der Waals surface area contributed by atoms with E-state index in [9.17, 15) is 4.79 Å². The first-order chi connectivity index (χ1) is 12.6. The Morgan fingerprint density at radius 1 is 1.35 bits per heavy atom. The molecule has 0 spiro atoms. The number of nitrogens with zero attached hydrogens (tertiary/aromatic N) is 2. The van der Waals surface area contributed by atoms with Crippen LogP contribution < -0.4 is 11.2 Å². The van der Waals surface area contributed by atoms with Crippen LogP contribution in [0.1, 0.15) is 39.0 Å². The number of carbonyl (C=O) groups excluding carboxylic acids is 1. The smallest absolute Gasteiger partial charge is 0.233 e. The standard InChI is InChI=1S/C20H26N4OS/c1-15(19(25)22-13-12-16-8-4-2-5-9-16)26-20-23-18(14-24(20)21)17-10-6-3-7-11-17/h3,6-8,10-11,14-15H,2,4-5,9,12-13,21H2,1H3,(H,22,25)/t15-/m0/s1. The lowest BCUT2D eigenvalue weighted by atomic mass is 9.97. The third-order valence-electron chi connectivity index (χ3n) is 4.55. The predicted octanol–water partition coefficient (Wildman–Crippen LogP) is 3.75. The first-order valence-corrected chi connectivity index (χ1v) is 10.0. The van der Waals surface area contributed by atoms with E-state index >= 15 is 0 Å². The second kappa shape index (κ2) is 8.94. The van der Waals surface area contributed by atoms with E-state index < -0.39 is 0 Å². The van der Waals surface area contributed by atoms with Crippen LogP contribution >= 0.6 is 11.8 Å². The van der Waals surface area contributed by atoms with Crippen LogP contribution in [0.4, 0.5) is 0 Å². The van der Waals surface area contributed by atoms with Gasteiger partial charge >= 0.3 is 0 Å². The molecule has 5 nitrogen and oxygen atoms in total. The minimum absolute atomic E-state index is 0.0238. The van der Waals surface area contributed by atoms with Crippen molar-refractivity contribution < 1.29 is 4.79 Å². The van der Waals surface area contributed by atoms with Crippen molar-refractivity contribution in [1.82, 2.24) is 15.0 Å². The molecule has 2 aromatic rings. The van der Waals surface area contributed by atoms with Gasteiger partial charge in [0.1, 0.15) is 0 Å². The number of imidazole rings is 1. The monoisotopic (exact) mass is 370 g/mol. The van der Waals surface area contributed by atoms with Crippen LogP contribution in [0.3, 0.4) is 0 Å². The SMILES string of the molecule is C[C@H](Sc1nc(-c2ccccc2)cn1N)C(=O)NCCC1=CCCCC1. The van der Waals surface area contributed by atoms with E-state index in [4.69, 9.17) is 5.84 Å². The van der Waals surface area contributed by atoms with Gasteiger partial charge in [0, 0.05) is 12.1 Å². The van der Waals surface area contributed by atoms with Crippen molar-refractivity contribution in [3.05, 3.63) is 48.2 Å². The quantitative estimate of drug-likeness (QED) is 0.442. The zero-order valence-electron chi connectivity index (χ0n) is 15.1. The molecule has 0 saturated carbocycles. The number of benzene rings is 1. The predicted molar refractivity (Wildman–Crippen MR) is 107 cm³/mol. The molecule has 3 N–H and O–H groups in total. The number of nitrogen functional groups attached to an aromatic ring is 1. The number of amides is 1. The highest BCUT2D eigenvalue weighted by Gasteiger charge is 2.18. The van der Waals surface area contributed by atoms with Crippen LogP contribution in [0, 0.1) is 0 Å². The summed E-state index contributed by atoms with van der Waals surface area (Å²) in [5, 5.41) is 3.42. The Morgan fingerprint density at radius 2 is 2.15 bits per heavy atom. The molecular formula is C20H26N4OS. The molecule has 0 fully saturated rings. The number of carbonyl (C=O) groups is 1. The summed E-state index contributed by atoms with van der Waals surface area (Å²) in [7, 11) is 0. The summed E-state index contributed by atoms with van der Waals surface area (Å²) >= 11 is 1.38. The van der Waals surface area contributed by atoms with Crippen molar-refractivity contribution in [3.63, 3.8) is 0 Å². The lowest BCUT2D eigenvalue weighted by Gasteiger charge is -2.14. The van der Waals surface area contributed by atoms with Crippen molar-refractivity contribution in [1.29, 1.82) is 0 Å². The van der Waals surface area contributed by atoms with E-state index in [1.165, 1.54) is 47.7 Å². The van der Waals surface area contributed by atoms with Gasteiger partial charge in [0.2, 0.25) is 5.91 Å². The van der Waals surface area contributed by atoms with E-state index in [0.717, 1.165) is 17.7 Å². The first kappa shape index (κ1) is 18.6. The molecule has 3 rings (SSSR count). The molecule has 0 unspecified atom stereocenters. The first-order valence-electron chi connectivity index (χ1n) is 9.15. The third kappa shape index (κ3) is 4.91. The number of allylic oxidation sites excluding steroid dienone is 1. The van der Waals surface area contributed by atoms with Crippen LogP contribution in [-0.2, 0) is 4.79 Å². The number of nitrogens with two attached hydrogens (primary N) is 1. The summed E-state index contributed by atoms with van der Waals surface area (Å²) in [4.78, 5) is 16.9. The molecule has 1 amide bonds. The Hall–Kier alpha value is -2.21. The van der Waals surface area contributed by atoms with Crippen molar-refractivity contribution in [2.24, 2.45) is 0 Å². The zero-order chi connectivity index (χ0) is 18.4. The molecule has 1 aliphatic rings. The number of nitrogens with one attached hydrogen (secondary N) is 1. The fraction of sp³-hybridized carbons (Fsp3) is 0.400. The van der Waals surface area contributed by atoms with Gasteiger partial charge in [-0.2, -0.15) is 0 Å². The Kier molecular flexibility index (Phi) is 6.39. The van der Waals surface area contributed by atoms with Crippen LogP contribution in [-0.4, -0.2) is 27.4 Å². The molecular weight excluding hydrogens is 344 g/mol. The third-order valence-corrected chi connectivity index (χ3v) is 5.63. The van der Waals surface area contributed by atoms with Gasteiger partial charge in [-0.25, -0.2) is 9.66 Å². The summed E-state index contributed by atoms with van der Waals surface area (Å²) in [5.41, 5.74) is 3.30. The van der Waals surface area contributed by atoms with E-state index in [1.54, 1.807) is 6.20 Å². The largest absolute Gasteiger partial charge is 0.355 e. The maximum absolute atomic E-state index is 12.3. The van der Waals surface area contributed by atoms with Gasteiger partial charge in [-0.1, -0.05) is 53.7 Å². The molecule has 1 aliphatic carbocycles. The number of rotatable bonds is 7. The molecule has 1 aromatic carbocycles. The normalized spacial score (nSPS) is 15.3. The molecule has 0 saturated heterocycles. The second-order valence-corrected chi connectivity index (χ2v) is 7.90. The summed E-state index contributed by atoms with van der Waals surface area (Å²) < 4.78 is 1.49. The molecule has 0 aliphatic heterocycles. The molecule has 26 heavy (non-hydrogen) atoms. The van der Waals surface area contributed by atoms with E-state index in [2.05, 4.69) is 16.4 Å². The highest BCUT2D eigenvalue weighted by Crippen LogP contribution is 2.26. The van der Waals surface area contributed by atoms with Gasteiger partial charge < -0.3 is 11.2 Å². The number of thioether (sulfide) groups is 1. The Morgan fingerprint density at radius 3 is 2.88 bits per heavy atom. The molecule has 1 aromatic heterocycles. The molecule has 0 radical (unpaired) electrons. The Balaban J connectivity index is 1.52. The highest BCUT2D eigenvalue weighted by atomic mass is 32.2. The van der Waals surface area contributed by atoms with Crippen molar-refractivity contribution in [2.45, 2.75) is 49.4 Å². The van der Waals surface area contributed by atoms with Crippen LogP contribution in [0.2, 0.25) is 0 Å². The molecule has 6 heteroatoms. The van der Waals surface area contributed by atoms with E-state index in [1.807, 2.05) is 37.3 Å². The summed E-state index contributed by atoms with van der Waals surface area (Å²) in [5.74, 6) is 6.04. The fourth-order valence-electron chi connectivity index (χ4n) is 3.05. The van der Waals surface area contributed by atoms with Crippen LogP contribution in [0.5, 0.6) is 0 Å². The lowest BCUT2D eigenvalue weighted by molar-refractivity contribution is -0.120. The fourth-order valence-corrected chi connectivity index (χ4v) is 3.88. The maximum atomic E-state index is 12.3. The van der Waals surface area contributed by atoms with E-state index in [-0.39, 0.29) is 11.2 Å². The average molecular weight is 371 g/mol. The summed E-state index contributed by atoms with van der Waals surface area (Å²) in [6.45, 7) is 2.58. The van der Waals surface area contributed by atoms with Crippen molar-refractivity contribution >= 4 is 17.7 Å². The van der Waals surface area contributed by atoms with Gasteiger partial charge in [-0.15, -0.1) is 0 Å². The molecule has 1 heterocycles. The van der Waals surface area contributed by atoms with Crippen LogP contribution in [0.15, 0.2) is 53.3 Å². The van der Waals surface area contributed by atoms with Crippen molar-refractivity contribution in [2.75, 3.05) is 12.4 Å². The van der Waals surface area contributed by atoms with Crippen LogP contribution in [0.25, 0.3) is 11.3 Å². The number of aromatic nitrogens is 2. The second-order valence-electron chi connectivity index (χ2n) is 6.59. The lowest BCUT2D eigenvalue weighted by Crippen LogP contribution is -2.32. The average Bonchev–Trinajstić information content (AvgIpc) is 3.03. The molecule has 138 valence electrons. The maximum Gasteiger partial charge on any atom is 0.233 e. The Bertz CT molecular complexity index is 769. The highest BCUT2D eigenvalue weighted by molar-refractivity contribution is 8.00. The van der Waals surface area contributed by atoms with E-state index in [0.29, 0.717) is 11.7 Å². The van der Waals surface area contributed by atoms with Gasteiger partial charge in [0.25, 0.3) is 0 Å². The minimum Gasteiger partial charge on any atom is -0.355 e. The zero-order valence-corrected chi connectivity index (χ0v) is 16.0. The van der Waals surface area contributed by atoms with Gasteiger partial charge in [0.15, 0.2) is 5.16 Å².